The summed E-state index contributed by atoms with van der Waals surface area (Å²) in [5.41, 5.74) is 4.02. The Labute approximate surface area is 252 Å². The van der Waals surface area contributed by atoms with Gasteiger partial charge in [0.1, 0.15) is 43.3 Å². The second kappa shape index (κ2) is 10.8. The summed E-state index contributed by atoms with van der Waals surface area (Å²) in [4.78, 5) is 40.1. The van der Waals surface area contributed by atoms with E-state index in [-0.39, 0.29) is 35.0 Å². The number of nitrogens with one attached hydrogen (secondary N) is 1. The first-order valence-corrected chi connectivity index (χ1v) is 13.8. The van der Waals surface area contributed by atoms with Crippen molar-refractivity contribution < 1.29 is 31.3 Å². The number of fused-ring (bicyclic) bond motifs is 16. The molecule has 12 bridgehead atoms. The van der Waals surface area contributed by atoms with E-state index < -0.39 is 11.9 Å². The maximum absolute atomic E-state index is 13.4. The van der Waals surface area contributed by atoms with Crippen molar-refractivity contribution in [1.82, 2.24) is 35.2 Å². The number of amides is 1. The third-order valence-electron chi connectivity index (χ3n) is 6.99. The van der Waals surface area contributed by atoms with E-state index in [2.05, 4.69) is 35.2 Å². The van der Waals surface area contributed by atoms with E-state index in [4.69, 9.17) is 26.5 Å². The molecular formula is C31H21N7O7. The maximum Gasteiger partial charge on any atom is 0.273 e. The molecule has 1 amide bonds. The van der Waals surface area contributed by atoms with E-state index >= 15 is 0 Å². The second-order valence-electron chi connectivity index (χ2n) is 10.2. The lowest BCUT2D eigenvalue weighted by Gasteiger charge is -2.16. The number of carbonyl (C=O) groups is 1. The Hall–Kier alpha value is -6.31. The molecule has 45 heavy (non-hydrogen) atoms. The summed E-state index contributed by atoms with van der Waals surface area (Å²) < 4.78 is 33.7. The third-order valence-corrected chi connectivity index (χ3v) is 6.99. The number of aromatic nitrogens is 6. The molecule has 1 unspecified atom stereocenters. The molecule has 14 nitrogen and oxygen atoms in total. The second-order valence-corrected chi connectivity index (χ2v) is 10.2. The Bertz CT molecular complexity index is 2160. The van der Waals surface area contributed by atoms with Gasteiger partial charge in [-0.1, -0.05) is 35.9 Å². The van der Waals surface area contributed by atoms with Crippen LogP contribution in [0.25, 0.3) is 52.4 Å². The highest BCUT2D eigenvalue weighted by atomic mass is 16.4. The average molecular weight is 604 g/mol. The van der Waals surface area contributed by atoms with Crippen molar-refractivity contribution in [2.75, 3.05) is 0 Å². The summed E-state index contributed by atoms with van der Waals surface area (Å²) in [7, 11) is 0. The van der Waals surface area contributed by atoms with Crippen molar-refractivity contribution in [1.29, 1.82) is 0 Å². The van der Waals surface area contributed by atoms with E-state index in [0.717, 1.165) is 11.1 Å². The van der Waals surface area contributed by atoms with Gasteiger partial charge in [-0.25, -0.2) is 29.9 Å². The molecule has 0 saturated heterocycles. The number of benzene rings is 1. The predicted molar refractivity (Wildman–Crippen MR) is 153 cm³/mol. The topological polar surface area (TPSA) is 185 Å². The van der Waals surface area contributed by atoms with Gasteiger partial charge in [0, 0.05) is 6.42 Å². The summed E-state index contributed by atoms with van der Waals surface area (Å²) in [5.74, 6) is 0.992. The number of hydrogen-bond acceptors (Lipinski definition) is 13. The van der Waals surface area contributed by atoms with E-state index in [1.54, 1.807) is 12.2 Å². The van der Waals surface area contributed by atoms with Crippen LogP contribution in [0.3, 0.4) is 0 Å². The van der Waals surface area contributed by atoms with Gasteiger partial charge in [-0.3, -0.25) is 4.79 Å². The molecule has 1 N–H and O–H groups in total. The zero-order chi connectivity index (χ0) is 30.3. The molecule has 7 aromatic rings. The summed E-state index contributed by atoms with van der Waals surface area (Å²) in [6.45, 7) is 2.01. The van der Waals surface area contributed by atoms with Crippen LogP contribution in [-0.4, -0.2) is 35.8 Å². The van der Waals surface area contributed by atoms with Gasteiger partial charge in [-0.15, -0.1) is 0 Å². The SMILES string of the molecule is Cc1ccc(CC2NC(=O)c3coc(n3)-c3coc(n3)-c3coc(n3)/C=C/Cc3nc(co3)-c3nc(co3)-c3nc2co3)cc1. The smallest absolute Gasteiger partial charge is 0.273 e. The molecule has 0 radical (unpaired) electrons. The van der Waals surface area contributed by atoms with Crippen LogP contribution in [0, 0.1) is 6.92 Å². The van der Waals surface area contributed by atoms with Gasteiger partial charge in [0.25, 0.3) is 5.91 Å². The molecule has 1 aromatic carbocycles. The molecule has 0 aliphatic carbocycles. The molecule has 1 aliphatic heterocycles. The first-order valence-electron chi connectivity index (χ1n) is 13.8. The Morgan fingerprint density at radius 2 is 1.24 bits per heavy atom. The van der Waals surface area contributed by atoms with Crippen LogP contribution in [0.1, 0.15) is 45.1 Å². The highest BCUT2D eigenvalue weighted by Crippen LogP contribution is 2.28. The Balaban J connectivity index is 1.17. The van der Waals surface area contributed by atoms with Crippen molar-refractivity contribution in [3.63, 3.8) is 0 Å². The van der Waals surface area contributed by atoms with Gasteiger partial charge in [0.15, 0.2) is 34.4 Å². The first-order chi connectivity index (χ1) is 22.0. The van der Waals surface area contributed by atoms with Crippen molar-refractivity contribution >= 4 is 12.0 Å². The third kappa shape index (κ3) is 5.24. The minimum absolute atomic E-state index is 0.0450. The molecule has 0 fully saturated rings. The maximum atomic E-state index is 13.4. The lowest BCUT2D eigenvalue weighted by molar-refractivity contribution is 0.0930. The molecule has 0 spiro atoms. The molecular weight excluding hydrogens is 582 g/mol. The van der Waals surface area contributed by atoms with Crippen molar-refractivity contribution in [3.8, 4) is 46.3 Å². The summed E-state index contributed by atoms with van der Waals surface area (Å²) >= 11 is 0. The van der Waals surface area contributed by atoms with Crippen LogP contribution in [0.15, 0.2) is 94.4 Å². The lowest BCUT2D eigenvalue weighted by atomic mass is 10.0. The van der Waals surface area contributed by atoms with Gasteiger partial charge in [0.2, 0.25) is 29.5 Å². The van der Waals surface area contributed by atoms with Crippen LogP contribution in [-0.2, 0) is 12.8 Å². The van der Waals surface area contributed by atoms with Gasteiger partial charge in [-0.05, 0) is 25.0 Å². The Morgan fingerprint density at radius 1 is 0.667 bits per heavy atom. The molecule has 222 valence electrons. The van der Waals surface area contributed by atoms with E-state index in [1.807, 2.05) is 31.2 Å². The number of aryl methyl sites for hydroxylation is 1. The minimum Gasteiger partial charge on any atom is -0.448 e. The van der Waals surface area contributed by atoms with E-state index in [9.17, 15) is 4.79 Å². The highest BCUT2D eigenvalue weighted by molar-refractivity contribution is 5.92. The predicted octanol–water partition coefficient (Wildman–Crippen LogP) is 5.87. The van der Waals surface area contributed by atoms with Gasteiger partial charge < -0.3 is 31.8 Å². The highest BCUT2D eigenvalue weighted by Gasteiger charge is 2.25. The van der Waals surface area contributed by atoms with Crippen LogP contribution < -0.4 is 5.32 Å². The fourth-order valence-electron chi connectivity index (χ4n) is 4.69. The van der Waals surface area contributed by atoms with Gasteiger partial charge in [-0.2, -0.15) is 0 Å². The molecule has 6 aromatic heterocycles. The summed E-state index contributed by atoms with van der Waals surface area (Å²) in [5, 5.41) is 3.00. The van der Waals surface area contributed by atoms with Crippen LogP contribution in [0.4, 0.5) is 0 Å². The van der Waals surface area contributed by atoms with Crippen molar-refractivity contribution in [3.05, 3.63) is 102 Å². The van der Waals surface area contributed by atoms with E-state index in [1.165, 1.54) is 37.6 Å². The average Bonchev–Trinajstić information content (AvgIpc) is 3.87. The minimum atomic E-state index is -0.582. The number of allylic oxidation sites excluding steroid dienone is 1. The monoisotopic (exact) mass is 603 g/mol. The van der Waals surface area contributed by atoms with Crippen molar-refractivity contribution in [2.24, 2.45) is 0 Å². The zero-order valence-corrected chi connectivity index (χ0v) is 23.5. The largest absolute Gasteiger partial charge is 0.448 e. The Kier molecular flexibility index (Phi) is 6.29. The molecule has 1 aliphatic rings. The van der Waals surface area contributed by atoms with Gasteiger partial charge >= 0.3 is 0 Å². The van der Waals surface area contributed by atoms with E-state index in [0.29, 0.717) is 47.4 Å². The Morgan fingerprint density at radius 3 is 2.00 bits per heavy atom. The molecule has 1 atom stereocenters. The number of nitrogens with zero attached hydrogens (tertiary/aromatic N) is 6. The molecule has 8 rings (SSSR count). The quantitative estimate of drug-likeness (QED) is 0.247. The number of oxazole rings is 6. The standard InChI is InChI=1S/C31H21N7O7/c1-16-5-7-17(8-6-16)9-18-19-10-42-30(35-19)23-14-44-28(37-23)21-12-40-25(32-21)3-2-4-26-33-22(13-41-26)29-38-24(15-45-29)31-36-20(11-43-31)27(39)34-18/h2,4-8,10-15,18H,3,9H2,1H3,(H,34,39)/b4-2+. The number of rotatable bonds is 2. The zero-order valence-electron chi connectivity index (χ0n) is 23.5. The van der Waals surface area contributed by atoms with Crippen LogP contribution in [0.5, 0.6) is 0 Å². The summed E-state index contributed by atoms with van der Waals surface area (Å²) in [6, 6.07) is 7.41. The van der Waals surface area contributed by atoms with Gasteiger partial charge in [0.05, 0.1) is 6.04 Å². The van der Waals surface area contributed by atoms with Crippen LogP contribution >= 0.6 is 0 Å². The number of hydrogen-bond donors (Lipinski definition) is 1. The summed E-state index contributed by atoms with van der Waals surface area (Å²) in [6.07, 6.45) is 12.6. The normalized spacial score (nSPS) is 15.4. The molecule has 7 heterocycles. The first kappa shape index (κ1) is 26.3. The molecule has 0 saturated carbocycles. The van der Waals surface area contributed by atoms with Crippen LogP contribution in [0.2, 0.25) is 0 Å². The fraction of sp³-hybridized carbons (Fsp3) is 0.129. The lowest BCUT2D eigenvalue weighted by Crippen LogP contribution is -2.30. The number of carbonyl (C=O) groups excluding carboxylic acids is 1. The van der Waals surface area contributed by atoms with Crippen molar-refractivity contribution in [2.45, 2.75) is 25.8 Å². The molecule has 14 heteroatoms. The fourth-order valence-corrected chi connectivity index (χ4v) is 4.69.